The average molecular weight is 1640 g/mol. The third kappa shape index (κ3) is 28.4. The zero-order valence-corrected chi connectivity index (χ0v) is 74.9. The van der Waals surface area contributed by atoms with E-state index >= 15 is 0 Å². The van der Waals surface area contributed by atoms with Gasteiger partial charge in [-0.3, -0.25) is 63.4 Å². The molecule has 0 radical (unpaired) electrons. The molecule has 2 saturated heterocycles. The van der Waals surface area contributed by atoms with Crippen LogP contribution in [0.5, 0.6) is 0 Å². The minimum absolute atomic E-state index is 0. The zero-order valence-electron chi connectivity index (χ0n) is 72.9. The summed E-state index contributed by atoms with van der Waals surface area (Å²) >= 11 is 0. The number of esters is 3. The van der Waals surface area contributed by atoms with E-state index in [9.17, 15) is 62.3 Å². The molecule has 0 bridgehead atoms. The van der Waals surface area contributed by atoms with Crippen molar-refractivity contribution in [1.82, 2.24) is 20.4 Å². The number of imide groups is 2. The molecule has 2 unspecified atom stereocenters. The smallest absolute Gasteiger partial charge is 0.870 e. The summed E-state index contributed by atoms with van der Waals surface area (Å²) in [5, 5.41) is 30.7. The summed E-state index contributed by atoms with van der Waals surface area (Å²) in [4.78, 5) is 161. The Bertz CT molecular complexity index is 4200. The number of urea groups is 2. The molecule has 0 aromatic heterocycles. The number of aliphatic hydroxyl groups is 1. The van der Waals surface area contributed by atoms with E-state index in [-0.39, 0.29) is 132 Å². The molecule has 4 aliphatic rings. The van der Waals surface area contributed by atoms with E-state index < -0.39 is 56.1 Å². The second kappa shape index (κ2) is 45.7. The van der Waals surface area contributed by atoms with Crippen molar-refractivity contribution in [3.8, 4) is 0 Å². The first-order chi connectivity index (χ1) is 53.5. The number of Topliss-reactive ketones (excluding diaryl/α,β-unsaturated/α-hetero) is 1. The molecule has 2 aliphatic carbocycles. The minimum atomic E-state index is -1.01. The van der Waals surface area contributed by atoms with Crippen molar-refractivity contribution in [2.45, 2.75) is 200 Å². The number of methoxy groups -OCH3 is 2. The number of para-hydroxylation sites is 3. The summed E-state index contributed by atoms with van der Waals surface area (Å²) in [6, 6.07) is 38.1. The molecule has 2 atom stereocenters. The van der Waals surface area contributed by atoms with Crippen molar-refractivity contribution in [2.75, 3.05) is 81.6 Å². The monoisotopic (exact) mass is 1640 g/mol. The fourth-order valence-electron chi connectivity index (χ4n) is 11.6. The molecule has 8 N–H and O–H groups in total. The second-order valence-electron chi connectivity index (χ2n) is 32.7. The van der Waals surface area contributed by atoms with Crippen LogP contribution in [0, 0.1) is 32.5 Å². The number of fused-ring (bicyclic) bond motifs is 2. The Morgan fingerprint density at radius 3 is 1.09 bits per heavy atom. The van der Waals surface area contributed by atoms with E-state index in [0.717, 1.165) is 34.2 Å². The predicted molar refractivity (Wildman–Crippen MR) is 444 cm³/mol. The van der Waals surface area contributed by atoms with E-state index in [1.807, 2.05) is 193 Å². The van der Waals surface area contributed by atoms with Gasteiger partial charge in [-0.05, 0) is 157 Å². The van der Waals surface area contributed by atoms with Gasteiger partial charge in [0.05, 0.1) is 50.2 Å². The van der Waals surface area contributed by atoms with Crippen molar-refractivity contribution in [2.24, 2.45) is 32.5 Å². The number of amides is 9. The first-order valence-electron chi connectivity index (χ1n) is 38.7. The summed E-state index contributed by atoms with van der Waals surface area (Å²) in [6.07, 6.45) is 5.72. The van der Waals surface area contributed by atoms with Gasteiger partial charge in [-0.15, -0.1) is 0 Å². The fraction of sp³-hybridized carbons (Fsp3) is 0.511. The normalized spacial score (nSPS) is 15.5. The van der Waals surface area contributed by atoms with Crippen LogP contribution in [0.3, 0.4) is 0 Å². The first-order valence-corrected chi connectivity index (χ1v) is 38.7. The number of carboxylic acids is 2. The molecule has 2 fully saturated rings. The molecule has 9 rings (SSSR count). The van der Waals surface area contributed by atoms with Crippen LogP contribution in [0.15, 0.2) is 127 Å². The third-order valence-corrected chi connectivity index (χ3v) is 21.8. The largest absolute Gasteiger partial charge is 1.00 e. The number of aliphatic hydroxyl groups excluding tert-OH is 1. The third-order valence-electron chi connectivity index (χ3n) is 21.8. The molecular formula is C88H125N8NaO20. The van der Waals surface area contributed by atoms with Gasteiger partial charge < -0.3 is 65.2 Å². The van der Waals surface area contributed by atoms with Gasteiger partial charge in [-0.1, -0.05) is 155 Å². The van der Waals surface area contributed by atoms with Gasteiger partial charge in [-0.2, -0.15) is 0 Å². The number of likely N-dealkylation sites (N-methyl/N-ethyl adjacent to an activating group) is 2. The van der Waals surface area contributed by atoms with Crippen molar-refractivity contribution in [1.29, 1.82) is 0 Å². The molecule has 5 aromatic carbocycles. The van der Waals surface area contributed by atoms with Crippen LogP contribution < -0.4 is 60.6 Å². The van der Waals surface area contributed by atoms with E-state index in [2.05, 4.69) is 20.1 Å². The molecule has 5 aromatic rings. The first kappa shape index (κ1) is 105. The SMILES string of the molecule is CCC(C)(C)C(=O)N(CC(=O)Cc1ccc2c(c1)CC1(C2)C(=O)NC(=O)N1C)c1ccccc1.CCC(C)(C)C(=O)N(CC(=O)O)c1ccccc1.CCC(C)(C)C(=O)O.CCC(C)(C)C(=O)OC.CCOC(=O)CN(C(=O)C(C)(C)CC)c1ccccc1.CN1C(=O)NC(=O)C12Cc1ccc(N)cc1C2.COC(=O)C(C)(C)CO.[Na+].[OH-]. The topological polar surface area (TPSA) is 407 Å². The Balaban J connectivity index is 0.000000723. The molecule has 2 spiro atoms. The summed E-state index contributed by atoms with van der Waals surface area (Å²) < 4.78 is 13.9. The van der Waals surface area contributed by atoms with E-state index in [0.29, 0.717) is 80.7 Å². The van der Waals surface area contributed by atoms with Crippen LogP contribution in [-0.2, 0) is 99.1 Å². The number of aliphatic carboxylic acids is 2. The van der Waals surface area contributed by atoms with Crippen molar-refractivity contribution >= 4 is 100.0 Å². The molecule has 0 saturated carbocycles. The molecule has 2 heterocycles. The van der Waals surface area contributed by atoms with Gasteiger partial charge in [0.25, 0.3) is 11.8 Å². The average Bonchev–Trinajstić information content (AvgIpc) is 1.59. The maximum absolute atomic E-state index is 13.3. The molecular weight excluding hydrogens is 1510 g/mol. The molecule has 638 valence electrons. The number of carboxylic acid groups (broad SMARTS) is 2. The minimum Gasteiger partial charge on any atom is -0.870 e. The molecule has 2 aliphatic heterocycles. The number of ether oxygens (including phenoxy) is 3. The standard InChI is InChI=1S/C27H31N3O4.C16H23NO3.C14H19NO3.C12H13N3O2.C7H14O2.C6H12O3.C6H12O2.Na.H2O/c1-5-26(2,3)24(33)30(21-9-7-6-8-10-21)17-22(31)14-18-11-12-19-15-27(16-20(19)13-18)23(32)28-25(34)29(27)4;1-5-16(3,4)15(19)17(12-14(18)20-6-2)13-10-8-7-9-11-13;1-4-14(2,3)13(18)15(10-12(16)17)11-8-6-5-7-9-11;1-15-11(17)14-10(16)12(15)5-7-2-3-9(13)4-8(7)6-12;1-5-7(2,3)6(8)9-4;1-6(2,4-7)5(8)9-3;1-4-6(2,3)5(7)8;;/h6-13H,5,14-17H2,1-4H3,(H,28,32,34);7-11H,5-6,12H2,1-4H3;5-9H,4,10H2,1-3H3,(H,16,17);2-4H,5-6,13H2,1H3,(H,14,16,17);5H2,1-4H3;7H,4H2,1-3H3;4H2,1-3H3,(H,7,8);;1H2/q;;;;;;;+1;/p-1. The molecule has 28 nitrogen and oxygen atoms in total. The molecule has 29 heteroatoms. The predicted octanol–water partition coefficient (Wildman–Crippen LogP) is 9.24. The number of carbonyl (C=O) groups excluding carboxylic acids is 11. The van der Waals surface area contributed by atoms with Crippen LogP contribution in [0.2, 0.25) is 0 Å². The van der Waals surface area contributed by atoms with Gasteiger partial charge in [0.2, 0.25) is 17.7 Å². The Kier molecular flexibility index (Phi) is 41.1. The van der Waals surface area contributed by atoms with Crippen LogP contribution >= 0.6 is 0 Å². The zero-order chi connectivity index (χ0) is 87.6. The van der Waals surface area contributed by atoms with E-state index in [4.69, 9.17) is 25.8 Å². The Morgan fingerprint density at radius 2 is 0.795 bits per heavy atom. The number of ketones is 1. The fourth-order valence-corrected chi connectivity index (χ4v) is 11.6. The number of hydrogen-bond donors (Lipinski definition) is 6. The van der Waals surface area contributed by atoms with E-state index in [1.165, 1.54) is 33.8 Å². The van der Waals surface area contributed by atoms with Crippen LogP contribution in [0.4, 0.5) is 32.3 Å². The number of nitrogens with zero attached hydrogens (tertiary/aromatic N) is 5. The van der Waals surface area contributed by atoms with Crippen molar-refractivity contribution in [3.63, 3.8) is 0 Å². The Hall–Kier alpha value is -9.87. The van der Waals surface area contributed by atoms with Crippen LogP contribution in [-0.4, -0.2) is 180 Å². The van der Waals surface area contributed by atoms with Gasteiger partial charge >= 0.3 is 71.5 Å². The van der Waals surface area contributed by atoms with Gasteiger partial charge in [0.1, 0.15) is 24.2 Å². The number of benzene rings is 5. The summed E-state index contributed by atoms with van der Waals surface area (Å²) in [6.45, 7) is 32.8. The Labute approximate surface area is 712 Å². The van der Waals surface area contributed by atoms with Crippen molar-refractivity contribution in [3.05, 3.63) is 155 Å². The summed E-state index contributed by atoms with van der Waals surface area (Å²) in [7, 11) is 6.03. The maximum Gasteiger partial charge on any atom is 1.00 e. The number of nitrogen functional groups attached to an aromatic ring is 1. The number of carbonyl (C=O) groups is 13. The quantitative estimate of drug-likeness (QED) is 0.0110. The number of nitrogens with two attached hydrogens (primary N) is 1. The number of nitrogens with one attached hydrogen (secondary N) is 2. The second-order valence-corrected chi connectivity index (χ2v) is 32.7. The molecule has 117 heavy (non-hydrogen) atoms. The molecule has 9 amide bonds. The van der Waals surface area contributed by atoms with E-state index in [1.54, 1.807) is 77.9 Å². The maximum atomic E-state index is 13.3. The summed E-state index contributed by atoms with van der Waals surface area (Å²) in [5.41, 5.74) is 8.55. The Morgan fingerprint density at radius 1 is 0.462 bits per heavy atom. The number of rotatable bonds is 24. The van der Waals surface area contributed by atoms with Gasteiger partial charge in [0.15, 0.2) is 5.78 Å². The van der Waals surface area contributed by atoms with Crippen LogP contribution in [0.25, 0.3) is 0 Å². The number of hydrogen-bond acceptors (Lipinski definition) is 19. The van der Waals surface area contributed by atoms with Crippen molar-refractivity contribution < 1.29 is 127 Å². The van der Waals surface area contributed by atoms with Gasteiger partial charge in [-0.25, -0.2) is 9.59 Å². The number of anilines is 4. The summed E-state index contributed by atoms with van der Waals surface area (Å²) in [5.74, 6) is -3.51. The van der Waals surface area contributed by atoms with Gasteiger partial charge in [0, 0.05) is 85.2 Å². The van der Waals surface area contributed by atoms with Crippen LogP contribution in [0.1, 0.15) is 185 Å².